The van der Waals surface area contributed by atoms with Gasteiger partial charge in [0.05, 0.1) is 13.0 Å². The first-order chi connectivity index (χ1) is 10.3. The van der Waals surface area contributed by atoms with Crippen LogP contribution in [0.5, 0.6) is 0 Å². The number of hydrogen-bond acceptors (Lipinski definition) is 5. The van der Waals surface area contributed by atoms with E-state index in [-0.39, 0.29) is 18.9 Å². The highest BCUT2D eigenvalue weighted by Crippen LogP contribution is 2.18. The van der Waals surface area contributed by atoms with Crippen molar-refractivity contribution in [3.8, 4) is 0 Å². The van der Waals surface area contributed by atoms with E-state index in [2.05, 4.69) is 10.1 Å². The van der Waals surface area contributed by atoms with Crippen LogP contribution in [0.2, 0.25) is 0 Å². The van der Waals surface area contributed by atoms with E-state index in [4.69, 9.17) is 9.63 Å². The summed E-state index contributed by atoms with van der Waals surface area (Å²) in [7, 11) is 0. The highest BCUT2D eigenvalue weighted by molar-refractivity contribution is 5.86. The lowest BCUT2D eigenvalue weighted by Gasteiger charge is -2.34. The van der Waals surface area contributed by atoms with Crippen LogP contribution in [-0.2, 0) is 11.2 Å². The first-order valence-corrected chi connectivity index (χ1v) is 7.22. The number of fused-ring (bicyclic) bond motifs is 1. The van der Waals surface area contributed by atoms with Crippen molar-refractivity contribution in [1.82, 2.24) is 15.0 Å². The van der Waals surface area contributed by atoms with Crippen LogP contribution in [0.4, 0.5) is 0 Å². The molecule has 1 fully saturated rings. The maximum atomic E-state index is 12.4. The molecule has 0 radical (unpaired) electrons. The summed E-state index contributed by atoms with van der Waals surface area (Å²) in [4.78, 5) is 16.4. The number of rotatable bonds is 4. The maximum absolute atomic E-state index is 12.4. The van der Waals surface area contributed by atoms with E-state index in [9.17, 15) is 4.79 Å². The molecule has 6 nitrogen and oxygen atoms in total. The number of carbonyl (C=O) groups is 1. The number of piperazine rings is 1. The van der Waals surface area contributed by atoms with E-state index < -0.39 is 0 Å². The van der Waals surface area contributed by atoms with Crippen molar-refractivity contribution < 1.29 is 14.4 Å². The first-order valence-electron chi connectivity index (χ1n) is 7.22. The molecule has 1 amide bonds. The molecular formula is C15H19N3O3. The van der Waals surface area contributed by atoms with E-state index in [1.165, 1.54) is 0 Å². The highest BCUT2D eigenvalue weighted by atomic mass is 16.5. The monoisotopic (exact) mass is 289 g/mol. The van der Waals surface area contributed by atoms with Crippen molar-refractivity contribution in [3.05, 3.63) is 30.0 Å². The topological polar surface area (TPSA) is 69.8 Å². The molecule has 0 saturated carbocycles. The molecule has 0 aliphatic carbocycles. The molecular weight excluding hydrogens is 270 g/mol. The van der Waals surface area contributed by atoms with Gasteiger partial charge in [0, 0.05) is 38.1 Å². The molecule has 3 rings (SSSR count). The molecule has 1 aromatic carbocycles. The first kappa shape index (κ1) is 14.0. The molecule has 0 bridgehead atoms. The van der Waals surface area contributed by atoms with Gasteiger partial charge in [0.2, 0.25) is 5.91 Å². The van der Waals surface area contributed by atoms with Gasteiger partial charge in [0.1, 0.15) is 5.69 Å². The van der Waals surface area contributed by atoms with Gasteiger partial charge in [-0.15, -0.1) is 0 Å². The predicted octanol–water partition coefficient (Wildman–Crippen LogP) is 0.507. The van der Waals surface area contributed by atoms with Gasteiger partial charge in [-0.2, -0.15) is 0 Å². The van der Waals surface area contributed by atoms with Gasteiger partial charge in [0.25, 0.3) is 0 Å². The SMILES string of the molecule is O=C(Cc1noc2ccccc12)N1CCN(CCO)CC1. The van der Waals surface area contributed by atoms with Gasteiger partial charge in [-0.3, -0.25) is 9.69 Å². The molecule has 0 unspecified atom stereocenters. The van der Waals surface area contributed by atoms with E-state index in [1.54, 1.807) is 0 Å². The molecule has 1 saturated heterocycles. The van der Waals surface area contributed by atoms with Gasteiger partial charge in [-0.05, 0) is 12.1 Å². The Morgan fingerprint density at radius 2 is 2.00 bits per heavy atom. The number of β-amino-alcohol motifs (C(OH)–C–C–N with tert-alkyl or cyclic N) is 1. The van der Waals surface area contributed by atoms with Crippen molar-refractivity contribution in [2.75, 3.05) is 39.3 Å². The zero-order valence-electron chi connectivity index (χ0n) is 11.9. The van der Waals surface area contributed by atoms with Crippen LogP contribution >= 0.6 is 0 Å². The van der Waals surface area contributed by atoms with Gasteiger partial charge in [0.15, 0.2) is 5.58 Å². The Bertz CT molecular complexity index is 617. The minimum absolute atomic E-state index is 0.0812. The molecule has 0 atom stereocenters. The quantitative estimate of drug-likeness (QED) is 0.888. The van der Waals surface area contributed by atoms with Crippen molar-refractivity contribution in [1.29, 1.82) is 0 Å². The van der Waals surface area contributed by atoms with Crippen molar-refractivity contribution in [2.45, 2.75) is 6.42 Å². The minimum Gasteiger partial charge on any atom is -0.395 e. The highest BCUT2D eigenvalue weighted by Gasteiger charge is 2.22. The molecule has 2 aromatic rings. The summed E-state index contributed by atoms with van der Waals surface area (Å²) in [6.45, 7) is 3.87. The third-order valence-electron chi connectivity index (χ3n) is 3.91. The van der Waals surface area contributed by atoms with E-state index >= 15 is 0 Å². The number of aliphatic hydroxyl groups excluding tert-OH is 1. The van der Waals surface area contributed by atoms with Gasteiger partial charge < -0.3 is 14.5 Å². The second kappa shape index (κ2) is 6.24. The molecule has 1 aliphatic heterocycles. The third-order valence-corrected chi connectivity index (χ3v) is 3.91. The smallest absolute Gasteiger partial charge is 0.228 e. The second-order valence-electron chi connectivity index (χ2n) is 5.25. The van der Waals surface area contributed by atoms with Crippen molar-refractivity contribution >= 4 is 16.9 Å². The number of carbonyl (C=O) groups excluding carboxylic acids is 1. The normalized spacial score (nSPS) is 16.5. The second-order valence-corrected chi connectivity index (χ2v) is 5.25. The average molecular weight is 289 g/mol. The molecule has 0 spiro atoms. The molecule has 21 heavy (non-hydrogen) atoms. The lowest BCUT2D eigenvalue weighted by molar-refractivity contribution is -0.132. The standard InChI is InChI=1S/C15H19N3O3/c19-10-9-17-5-7-18(8-6-17)15(20)11-13-12-3-1-2-4-14(12)21-16-13/h1-4,19H,5-11H2. The number of para-hydroxylation sites is 1. The van der Waals surface area contributed by atoms with E-state index in [1.807, 2.05) is 29.2 Å². The van der Waals surface area contributed by atoms with E-state index in [0.29, 0.717) is 30.9 Å². The largest absolute Gasteiger partial charge is 0.395 e. The fraction of sp³-hybridized carbons (Fsp3) is 0.467. The Balaban J connectivity index is 1.62. The number of aromatic nitrogens is 1. The fourth-order valence-corrected chi connectivity index (χ4v) is 2.68. The summed E-state index contributed by atoms with van der Waals surface area (Å²) in [6.07, 6.45) is 0.275. The predicted molar refractivity (Wildman–Crippen MR) is 77.8 cm³/mol. The minimum atomic E-state index is 0.0812. The number of nitrogens with zero attached hydrogens (tertiary/aromatic N) is 3. The van der Waals surface area contributed by atoms with Gasteiger partial charge in [-0.25, -0.2) is 0 Å². The molecule has 6 heteroatoms. The Kier molecular flexibility index (Phi) is 4.17. The number of benzene rings is 1. The number of aliphatic hydroxyl groups is 1. The summed E-state index contributed by atoms with van der Waals surface area (Å²) >= 11 is 0. The lowest BCUT2D eigenvalue weighted by Crippen LogP contribution is -2.49. The summed E-state index contributed by atoms with van der Waals surface area (Å²) in [6, 6.07) is 7.58. The van der Waals surface area contributed by atoms with Crippen LogP contribution in [0.15, 0.2) is 28.8 Å². The summed E-state index contributed by atoms with van der Waals surface area (Å²) in [5, 5.41) is 13.8. The molecule has 1 N–H and O–H groups in total. The lowest BCUT2D eigenvalue weighted by atomic mass is 10.1. The number of amides is 1. The zero-order chi connectivity index (χ0) is 14.7. The Morgan fingerprint density at radius 3 is 2.76 bits per heavy atom. The van der Waals surface area contributed by atoms with E-state index in [0.717, 1.165) is 18.5 Å². The third kappa shape index (κ3) is 3.06. The van der Waals surface area contributed by atoms with Crippen molar-refractivity contribution in [2.24, 2.45) is 0 Å². The van der Waals surface area contributed by atoms with Crippen LogP contribution in [0.3, 0.4) is 0 Å². The number of hydrogen-bond donors (Lipinski definition) is 1. The fourth-order valence-electron chi connectivity index (χ4n) is 2.68. The molecule has 1 aliphatic rings. The zero-order valence-corrected chi connectivity index (χ0v) is 11.9. The molecule has 112 valence electrons. The van der Waals surface area contributed by atoms with Crippen molar-refractivity contribution in [3.63, 3.8) is 0 Å². The van der Waals surface area contributed by atoms with Crippen LogP contribution in [-0.4, -0.2) is 65.3 Å². The summed E-state index contributed by atoms with van der Waals surface area (Å²) in [5.41, 5.74) is 1.42. The van der Waals surface area contributed by atoms with Gasteiger partial charge in [-0.1, -0.05) is 17.3 Å². The molecule has 2 heterocycles. The Hall–Kier alpha value is -1.92. The van der Waals surface area contributed by atoms with Crippen LogP contribution in [0.25, 0.3) is 11.0 Å². The summed E-state index contributed by atoms with van der Waals surface area (Å²) in [5.74, 6) is 0.0812. The summed E-state index contributed by atoms with van der Waals surface area (Å²) < 4.78 is 5.23. The van der Waals surface area contributed by atoms with Crippen LogP contribution < -0.4 is 0 Å². The average Bonchev–Trinajstić information content (AvgIpc) is 2.92. The Labute approximate surface area is 122 Å². The molecule has 1 aromatic heterocycles. The van der Waals surface area contributed by atoms with Gasteiger partial charge >= 0.3 is 0 Å². The maximum Gasteiger partial charge on any atom is 0.228 e. The Morgan fingerprint density at radius 1 is 1.24 bits per heavy atom. The van der Waals surface area contributed by atoms with Crippen LogP contribution in [0.1, 0.15) is 5.69 Å². The van der Waals surface area contributed by atoms with Crippen LogP contribution in [0, 0.1) is 0 Å².